The minimum Gasteiger partial charge on any atom is -0.680 e. The van der Waals surface area contributed by atoms with Gasteiger partial charge in [-0.25, -0.2) is 0 Å². The number of nitrogens with zero attached hydrogens (tertiary/aromatic N) is 2. The summed E-state index contributed by atoms with van der Waals surface area (Å²) >= 11 is 18.0. The Labute approximate surface area is 159 Å². The van der Waals surface area contributed by atoms with E-state index in [1.807, 2.05) is 0 Å². The van der Waals surface area contributed by atoms with Gasteiger partial charge in [0.05, 0.1) is 0 Å². The van der Waals surface area contributed by atoms with E-state index >= 15 is 0 Å². The van der Waals surface area contributed by atoms with Crippen molar-refractivity contribution in [3.63, 3.8) is 0 Å². The molecule has 0 aromatic rings. The van der Waals surface area contributed by atoms with Crippen LogP contribution in [0.15, 0.2) is 0 Å². The van der Waals surface area contributed by atoms with Crippen molar-refractivity contribution in [1.29, 1.82) is 0 Å². The Hall–Kier alpha value is 1.72. The molecule has 0 atom stereocenters. The summed E-state index contributed by atoms with van der Waals surface area (Å²) in [4.78, 5) is 4.31. The Kier molecular flexibility index (Phi) is 13.4. The van der Waals surface area contributed by atoms with Crippen LogP contribution in [-0.2, 0) is 77.0 Å². The van der Waals surface area contributed by atoms with Crippen LogP contribution in [-0.4, -0.2) is 44.6 Å². The van der Waals surface area contributed by atoms with E-state index in [1.54, 1.807) is 0 Å². The van der Waals surface area contributed by atoms with Crippen LogP contribution >= 0.6 is 0 Å². The van der Waals surface area contributed by atoms with Gasteiger partial charge in [-0.2, -0.15) is 0 Å². The normalized spacial score (nSPS) is 20.7. The van der Waals surface area contributed by atoms with E-state index in [-0.39, 0.29) is 27.3 Å². The van der Waals surface area contributed by atoms with E-state index in [4.69, 9.17) is 25.3 Å². The fourth-order valence-electron chi connectivity index (χ4n) is 2.17. The molecule has 0 N–H and O–H groups in total. The van der Waals surface area contributed by atoms with Crippen LogP contribution in [0.25, 0.3) is 0 Å². The van der Waals surface area contributed by atoms with Gasteiger partial charge in [0, 0.05) is 26.2 Å². The fourth-order valence-corrected chi connectivity index (χ4v) is 2.94. The molecule has 2 fully saturated rings. The minimum absolute atomic E-state index is 0. The van der Waals surface area contributed by atoms with Gasteiger partial charge in [0.1, 0.15) is 33.1 Å². The zero-order valence-electron chi connectivity index (χ0n) is 11.4. The smallest absolute Gasteiger partial charge is 0.680 e. The van der Waals surface area contributed by atoms with Crippen LogP contribution in [0.4, 0.5) is 0 Å². The zero-order valence-corrected chi connectivity index (χ0v) is 18.8. The number of hydrogen-bond donors (Lipinski definition) is 0. The van der Waals surface area contributed by atoms with Gasteiger partial charge in [-0.1, -0.05) is 12.8 Å². The molecule has 2 aliphatic heterocycles. The maximum atomic E-state index is 4.91. The van der Waals surface area contributed by atoms with Gasteiger partial charge in [0.2, 0.25) is 0 Å². The SMILES string of the molecule is [Cd+2].[S-]C(=[SH+])N1CCCCC1.[S-]C(=[SH+])N1CCCCC1. The van der Waals surface area contributed by atoms with Crippen molar-refractivity contribution in [2.75, 3.05) is 26.2 Å². The first-order chi connectivity index (χ1) is 8.61. The van der Waals surface area contributed by atoms with E-state index in [0.29, 0.717) is 0 Å². The van der Waals surface area contributed by atoms with E-state index < -0.39 is 0 Å². The molecule has 0 bridgehead atoms. The molecule has 0 radical (unpaired) electrons. The first-order valence-electron chi connectivity index (χ1n) is 6.57. The number of hydrogen-bond acceptors (Lipinski definition) is 2. The number of likely N-dealkylation sites (tertiary alicyclic amines) is 2. The van der Waals surface area contributed by atoms with Crippen molar-refractivity contribution < 1.29 is 27.3 Å². The Bertz CT molecular complexity index is 249. The molecule has 2 rings (SSSR count). The fraction of sp³-hybridized carbons (Fsp3) is 0.833. The van der Waals surface area contributed by atoms with Crippen LogP contribution in [0.3, 0.4) is 0 Å². The molecule has 104 valence electrons. The molecule has 2 nitrogen and oxygen atoms in total. The molecule has 0 saturated carbocycles. The largest absolute Gasteiger partial charge is 2.00 e. The van der Waals surface area contributed by atoms with Crippen LogP contribution in [0.1, 0.15) is 38.5 Å². The summed E-state index contributed by atoms with van der Waals surface area (Å²) in [6.45, 7) is 4.45. The number of thiol groups is 2. The molecule has 0 aromatic carbocycles. The topological polar surface area (TPSA) is 6.48 Å². The van der Waals surface area contributed by atoms with Crippen molar-refractivity contribution in [1.82, 2.24) is 9.80 Å². The average Bonchev–Trinajstić information content (AvgIpc) is 2.41. The molecule has 0 unspecified atom stereocenters. The van der Waals surface area contributed by atoms with E-state index in [1.165, 1.54) is 38.5 Å². The summed E-state index contributed by atoms with van der Waals surface area (Å²) in [6.07, 6.45) is 7.82. The molecule has 2 saturated heterocycles. The molecule has 2 aliphatic rings. The van der Waals surface area contributed by atoms with Gasteiger partial charge in [-0.05, 0) is 25.7 Å². The molecule has 0 spiro atoms. The van der Waals surface area contributed by atoms with Gasteiger partial charge < -0.3 is 25.3 Å². The minimum atomic E-state index is 0. The summed E-state index contributed by atoms with van der Waals surface area (Å²) in [6, 6.07) is 0. The zero-order chi connectivity index (χ0) is 13.4. The predicted molar refractivity (Wildman–Crippen MR) is 93.1 cm³/mol. The summed E-state index contributed by atoms with van der Waals surface area (Å²) in [5, 5.41) is 0. The summed E-state index contributed by atoms with van der Waals surface area (Å²) < 4.78 is 1.52. The maximum absolute atomic E-state index is 4.91. The molecule has 0 aromatic heterocycles. The van der Waals surface area contributed by atoms with Crippen LogP contribution in [0.2, 0.25) is 0 Å². The van der Waals surface area contributed by atoms with E-state index in [2.05, 4.69) is 34.2 Å². The third-order valence-corrected chi connectivity index (χ3v) is 4.34. The van der Waals surface area contributed by atoms with Gasteiger partial charge in [0.15, 0.2) is 0 Å². The number of piperidine rings is 2. The Morgan fingerprint density at radius 3 is 1.05 bits per heavy atom. The molecule has 0 aliphatic carbocycles. The van der Waals surface area contributed by atoms with Crippen molar-refractivity contribution in [2.24, 2.45) is 0 Å². The molecule has 0 amide bonds. The average molecular weight is 435 g/mol. The Morgan fingerprint density at radius 1 is 0.632 bits per heavy atom. The van der Waals surface area contributed by atoms with Gasteiger partial charge in [0.25, 0.3) is 0 Å². The maximum Gasteiger partial charge on any atom is 2.00 e. The first-order valence-corrected chi connectivity index (χ1v) is 8.28. The summed E-state index contributed by atoms with van der Waals surface area (Å²) in [5.41, 5.74) is 0. The van der Waals surface area contributed by atoms with E-state index in [0.717, 1.165) is 34.8 Å². The second-order valence-corrected chi connectivity index (χ2v) is 6.89. The van der Waals surface area contributed by atoms with Gasteiger partial charge >= 0.3 is 27.3 Å². The second kappa shape index (κ2) is 12.3. The molecule has 2 heterocycles. The van der Waals surface area contributed by atoms with Crippen molar-refractivity contribution in [3.8, 4) is 0 Å². The number of rotatable bonds is 0. The predicted octanol–water partition coefficient (Wildman–Crippen LogP) is 0.769. The summed E-state index contributed by atoms with van der Waals surface area (Å²) in [5.74, 6) is 0. The van der Waals surface area contributed by atoms with Gasteiger partial charge in [-0.3, -0.25) is 9.80 Å². The third-order valence-electron chi connectivity index (χ3n) is 3.25. The first kappa shape index (κ1) is 20.7. The summed E-state index contributed by atoms with van der Waals surface area (Å²) in [7, 11) is 0. The van der Waals surface area contributed by atoms with Crippen molar-refractivity contribution in [3.05, 3.63) is 0 Å². The van der Waals surface area contributed by atoms with Crippen LogP contribution < -0.4 is 0 Å². The third kappa shape index (κ3) is 9.36. The Morgan fingerprint density at radius 2 is 0.895 bits per heavy atom. The van der Waals surface area contributed by atoms with E-state index in [9.17, 15) is 0 Å². The molecular weight excluding hydrogens is 413 g/mol. The molecular formula is C12H22CdN2S4+2. The van der Waals surface area contributed by atoms with Crippen LogP contribution in [0, 0.1) is 0 Å². The van der Waals surface area contributed by atoms with Crippen LogP contribution in [0.5, 0.6) is 0 Å². The molecule has 7 heteroatoms. The second-order valence-electron chi connectivity index (χ2n) is 4.66. The monoisotopic (exact) mass is 436 g/mol. The Balaban J connectivity index is 0.000000324. The molecule has 19 heavy (non-hydrogen) atoms. The van der Waals surface area contributed by atoms with Crippen molar-refractivity contribution in [2.45, 2.75) is 38.5 Å². The van der Waals surface area contributed by atoms with Crippen molar-refractivity contribution >= 4 is 58.3 Å². The van der Waals surface area contributed by atoms with Gasteiger partial charge in [-0.15, -0.1) is 0 Å². The standard InChI is InChI=1S/2C6H11NS2.Cd/c2*8-6(9)7-4-2-1-3-5-7;/h2*1-5H2,(H,8,9);/q;;+2. The quantitative estimate of drug-likeness (QED) is 0.182.